The predicted octanol–water partition coefficient (Wildman–Crippen LogP) is 15.3. The predicted molar refractivity (Wildman–Crippen MR) is 237 cm³/mol. The van der Waals surface area contributed by atoms with Crippen molar-refractivity contribution in [3.05, 3.63) is 173 Å². The molecule has 0 saturated carbocycles. The van der Waals surface area contributed by atoms with Crippen molar-refractivity contribution in [1.82, 2.24) is 0 Å². The van der Waals surface area contributed by atoms with E-state index in [0.717, 1.165) is 28.2 Å². The van der Waals surface area contributed by atoms with Crippen LogP contribution in [-0.2, 0) is 16.2 Å². The van der Waals surface area contributed by atoms with Gasteiger partial charge in [0.05, 0.1) is 0 Å². The van der Waals surface area contributed by atoms with Gasteiger partial charge in [-0.25, -0.2) is 0 Å². The lowest BCUT2D eigenvalue weighted by molar-refractivity contribution is 0.590. The Labute approximate surface area is 329 Å². The van der Waals surface area contributed by atoms with E-state index in [4.69, 9.17) is 4.42 Å². The van der Waals surface area contributed by atoms with Crippen molar-refractivity contribution in [1.29, 1.82) is 0 Å². The van der Waals surface area contributed by atoms with Gasteiger partial charge < -0.3 is 9.32 Å². The van der Waals surface area contributed by atoms with Crippen LogP contribution in [0.5, 0.6) is 0 Å². The molecular formula is C54H45NO. The summed E-state index contributed by atoms with van der Waals surface area (Å²) in [5.74, 6) is 0. The minimum atomic E-state index is -0.204. The summed E-state index contributed by atoms with van der Waals surface area (Å²) < 4.78 is 6.39. The molecule has 0 N–H and O–H groups in total. The number of anilines is 3. The molecule has 9 aromatic rings. The number of nitrogens with zero attached hydrogens (tertiary/aromatic N) is 1. The molecular weight excluding hydrogens is 679 g/mol. The van der Waals surface area contributed by atoms with E-state index < -0.39 is 0 Å². The Kier molecular flexibility index (Phi) is 6.67. The van der Waals surface area contributed by atoms with Gasteiger partial charge in [-0.1, -0.05) is 139 Å². The van der Waals surface area contributed by atoms with E-state index in [1.807, 2.05) is 6.07 Å². The van der Waals surface area contributed by atoms with E-state index in [1.165, 1.54) is 82.4 Å². The van der Waals surface area contributed by atoms with Crippen LogP contribution < -0.4 is 4.90 Å². The molecule has 0 amide bonds. The monoisotopic (exact) mass is 723 g/mol. The molecule has 0 spiro atoms. The van der Waals surface area contributed by atoms with E-state index in [0.29, 0.717) is 0 Å². The normalized spacial score (nSPS) is 15.0. The molecule has 0 unspecified atom stereocenters. The highest BCUT2D eigenvalue weighted by molar-refractivity contribution is 6.08. The summed E-state index contributed by atoms with van der Waals surface area (Å²) in [6.07, 6.45) is 0. The Morgan fingerprint density at radius 2 is 1.02 bits per heavy atom. The second kappa shape index (κ2) is 11.2. The Morgan fingerprint density at radius 1 is 0.429 bits per heavy atom. The highest BCUT2D eigenvalue weighted by Crippen LogP contribution is 2.55. The maximum atomic E-state index is 6.39. The van der Waals surface area contributed by atoms with Gasteiger partial charge in [-0.2, -0.15) is 0 Å². The Morgan fingerprint density at radius 3 is 1.77 bits per heavy atom. The number of para-hydroxylation sites is 1. The van der Waals surface area contributed by atoms with Gasteiger partial charge in [0.15, 0.2) is 0 Å². The van der Waals surface area contributed by atoms with Crippen LogP contribution in [0.3, 0.4) is 0 Å². The first-order valence-electron chi connectivity index (χ1n) is 20.0. The van der Waals surface area contributed by atoms with Crippen molar-refractivity contribution in [2.24, 2.45) is 0 Å². The molecule has 272 valence electrons. The summed E-state index contributed by atoms with van der Waals surface area (Å²) in [6.45, 7) is 16.4. The van der Waals surface area contributed by atoms with Crippen molar-refractivity contribution < 1.29 is 4.42 Å². The standard InChI is InChI=1S/C54H45NO/c1-52(2,3)34-18-20-35(21-19-34)55(37-23-27-40-44-30-45-41-14-10-11-15-48(41)56-49(45)31-47(44)53(4,5)46(40)29-37)36-22-26-39-33(28-36)17-25-43-42-24-16-32-12-8-9-13-38(32)50(42)54(6,7)51(39)43/h8-31H,1-7H3. The van der Waals surface area contributed by atoms with E-state index in [1.54, 1.807) is 0 Å². The molecule has 8 aromatic carbocycles. The third kappa shape index (κ3) is 4.56. The highest BCUT2D eigenvalue weighted by Gasteiger charge is 2.39. The van der Waals surface area contributed by atoms with E-state index in [-0.39, 0.29) is 16.2 Å². The average molecular weight is 724 g/mol. The van der Waals surface area contributed by atoms with Gasteiger partial charge in [0.25, 0.3) is 0 Å². The molecule has 0 aliphatic heterocycles. The van der Waals surface area contributed by atoms with E-state index in [9.17, 15) is 0 Å². The van der Waals surface area contributed by atoms with Crippen LogP contribution in [0.2, 0.25) is 0 Å². The van der Waals surface area contributed by atoms with Crippen LogP contribution in [0.15, 0.2) is 150 Å². The van der Waals surface area contributed by atoms with Gasteiger partial charge in [0.1, 0.15) is 11.2 Å². The second-order valence-corrected chi connectivity index (χ2v) is 18.2. The summed E-state index contributed by atoms with van der Waals surface area (Å²) in [6, 6.07) is 54.6. The van der Waals surface area contributed by atoms with Crippen molar-refractivity contribution in [2.75, 3.05) is 4.90 Å². The first-order chi connectivity index (χ1) is 26.9. The SMILES string of the molecule is CC(C)(C)c1ccc(N(c2ccc3c(c2)C(C)(C)c2cc4oc5ccccc5c4cc2-3)c2ccc3c4c(ccc3c2)-c2ccc3ccccc3c2C4(C)C)cc1. The zero-order valence-corrected chi connectivity index (χ0v) is 33.2. The van der Waals surface area contributed by atoms with Crippen molar-refractivity contribution in [3.63, 3.8) is 0 Å². The molecule has 1 heterocycles. The molecule has 2 nitrogen and oxygen atoms in total. The molecule has 2 heteroatoms. The smallest absolute Gasteiger partial charge is 0.135 e. The largest absolute Gasteiger partial charge is 0.456 e. The Hall–Kier alpha value is -6.12. The van der Waals surface area contributed by atoms with E-state index in [2.05, 4.69) is 193 Å². The van der Waals surface area contributed by atoms with Crippen LogP contribution in [-0.4, -0.2) is 0 Å². The van der Waals surface area contributed by atoms with Crippen molar-refractivity contribution in [2.45, 2.75) is 64.7 Å². The molecule has 2 aliphatic carbocycles. The summed E-state index contributed by atoms with van der Waals surface area (Å²) in [5.41, 5.74) is 17.2. The second-order valence-electron chi connectivity index (χ2n) is 18.2. The maximum absolute atomic E-state index is 6.39. The van der Waals surface area contributed by atoms with Gasteiger partial charge in [-0.3, -0.25) is 0 Å². The topological polar surface area (TPSA) is 16.4 Å². The van der Waals surface area contributed by atoms with Gasteiger partial charge in [0, 0.05) is 38.7 Å². The average Bonchev–Trinajstić information content (AvgIpc) is 3.76. The van der Waals surface area contributed by atoms with Gasteiger partial charge in [0.2, 0.25) is 0 Å². The van der Waals surface area contributed by atoms with Crippen molar-refractivity contribution in [3.8, 4) is 22.3 Å². The molecule has 0 bridgehead atoms. The minimum absolute atomic E-state index is 0.0658. The van der Waals surface area contributed by atoms with Crippen LogP contribution in [0.1, 0.15) is 76.3 Å². The summed E-state index contributed by atoms with van der Waals surface area (Å²) >= 11 is 0. The molecule has 0 atom stereocenters. The number of furan rings is 1. The number of hydrogen-bond donors (Lipinski definition) is 0. The molecule has 0 fully saturated rings. The quantitative estimate of drug-likeness (QED) is 0.180. The number of hydrogen-bond acceptors (Lipinski definition) is 2. The third-order valence-corrected chi connectivity index (χ3v) is 13.1. The summed E-state index contributed by atoms with van der Waals surface area (Å²) in [5, 5.41) is 7.57. The Bertz CT molecular complexity index is 3110. The highest BCUT2D eigenvalue weighted by atomic mass is 16.3. The molecule has 0 saturated heterocycles. The van der Waals surface area contributed by atoms with E-state index >= 15 is 0 Å². The molecule has 2 aliphatic rings. The van der Waals surface area contributed by atoms with Crippen LogP contribution in [0.25, 0.3) is 65.7 Å². The van der Waals surface area contributed by atoms with Crippen molar-refractivity contribution >= 4 is 60.5 Å². The molecule has 56 heavy (non-hydrogen) atoms. The fourth-order valence-corrected chi connectivity index (χ4v) is 10.3. The number of benzene rings is 8. The number of rotatable bonds is 3. The summed E-state index contributed by atoms with van der Waals surface area (Å²) in [7, 11) is 0. The molecule has 1 aromatic heterocycles. The summed E-state index contributed by atoms with van der Waals surface area (Å²) in [4.78, 5) is 2.45. The van der Waals surface area contributed by atoms with Crippen LogP contribution >= 0.6 is 0 Å². The minimum Gasteiger partial charge on any atom is -0.456 e. The lowest BCUT2D eigenvalue weighted by Crippen LogP contribution is -2.17. The third-order valence-electron chi connectivity index (χ3n) is 13.1. The Balaban J connectivity index is 1.07. The fraction of sp³-hybridized carbons (Fsp3) is 0.185. The van der Waals surface area contributed by atoms with Crippen LogP contribution in [0, 0.1) is 0 Å². The first-order valence-corrected chi connectivity index (χ1v) is 20.0. The number of fused-ring (bicyclic) bond motifs is 13. The lowest BCUT2D eigenvalue weighted by atomic mass is 9.78. The van der Waals surface area contributed by atoms with Gasteiger partial charge in [-0.05, 0) is 132 Å². The van der Waals surface area contributed by atoms with Crippen LogP contribution in [0.4, 0.5) is 17.1 Å². The lowest BCUT2D eigenvalue weighted by Gasteiger charge is -2.29. The van der Waals surface area contributed by atoms with Gasteiger partial charge in [-0.15, -0.1) is 0 Å². The maximum Gasteiger partial charge on any atom is 0.135 e. The van der Waals surface area contributed by atoms with Gasteiger partial charge >= 0.3 is 0 Å². The zero-order chi connectivity index (χ0) is 38.3. The molecule has 0 radical (unpaired) electrons. The fourth-order valence-electron chi connectivity index (χ4n) is 10.3. The molecule has 11 rings (SSSR count). The first kappa shape index (κ1) is 33.2. The zero-order valence-electron chi connectivity index (χ0n) is 33.2.